The summed E-state index contributed by atoms with van der Waals surface area (Å²) >= 11 is 0. The second kappa shape index (κ2) is 9.21. The molecular formula is C19H33N5O3. The van der Waals surface area contributed by atoms with Crippen molar-refractivity contribution in [1.82, 2.24) is 25.1 Å². The molecule has 1 aliphatic heterocycles. The van der Waals surface area contributed by atoms with E-state index in [2.05, 4.69) is 29.5 Å². The molecule has 2 heterocycles. The van der Waals surface area contributed by atoms with E-state index in [9.17, 15) is 9.59 Å². The van der Waals surface area contributed by atoms with Gasteiger partial charge in [-0.05, 0) is 12.8 Å². The molecule has 1 fully saturated rings. The van der Waals surface area contributed by atoms with Crippen molar-refractivity contribution in [2.45, 2.75) is 45.1 Å². The maximum Gasteiger partial charge on any atom is 0.317 e. The minimum Gasteiger partial charge on any atom is -0.376 e. The Morgan fingerprint density at radius 3 is 2.52 bits per heavy atom. The normalized spacial score (nSPS) is 20.0. The molecule has 1 saturated heterocycles. The van der Waals surface area contributed by atoms with Gasteiger partial charge in [0.25, 0.3) is 0 Å². The van der Waals surface area contributed by atoms with E-state index in [0.717, 1.165) is 18.5 Å². The zero-order valence-corrected chi connectivity index (χ0v) is 17.1. The van der Waals surface area contributed by atoms with Crippen LogP contribution in [-0.4, -0.2) is 65.3 Å². The fourth-order valence-corrected chi connectivity index (χ4v) is 3.79. The summed E-state index contributed by atoms with van der Waals surface area (Å²) < 4.78 is 7.62. The smallest absolute Gasteiger partial charge is 0.317 e. The first-order chi connectivity index (χ1) is 12.9. The van der Waals surface area contributed by atoms with E-state index in [-0.39, 0.29) is 29.4 Å². The van der Waals surface area contributed by atoms with Gasteiger partial charge in [0, 0.05) is 71.0 Å². The molecule has 8 heteroatoms. The lowest BCUT2D eigenvalue weighted by Crippen LogP contribution is -2.48. The van der Waals surface area contributed by atoms with Crippen molar-refractivity contribution >= 4 is 11.9 Å². The second-order valence-electron chi connectivity index (χ2n) is 7.39. The van der Waals surface area contributed by atoms with Crippen molar-refractivity contribution in [2.24, 2.45) is 13.0 Å². The maximum absolute atomic E-state index is 12.8. The van der Waals surface area contributed by atoms with E-state index in [1.807, 2.05) is 22.7 Å². The molecule has 3 amide bonds. The van der Waals surface area contributed by atoms with Crippen LogP contribution < -0.4 is 10.6 Å². The predicted octanol–water partition coefficient (Wildman–Crippen LogP) is 1.49. The molecule has 0 saturated carbocycles. The number of carbonyl (C=O) groups excluding carboxylic acids is 2. The monoisotopic (exact) mass is 379 g/mol. The van der Waals surface area contributed by atoms with E-state index in [4.69, 9.17) is 4.74 Å². The highest BCUT2D eigenvalue weighted by atomic mass is 16.5. The van der Waals surface area contributed by atoms with Crippen LogP contribution in [0.5, 0.6) is 0 Å². The number of hydrogen-bond donors (Lipinski definition) is 2. The summed E-state index contributed by atoms with van der Waals surface area (Å²) in [6, 6.07) is -0.0872. The zero-order valence-electron chi connectivity index (χ0n) is 17.1. The lowest BCUT2D eigenvalue weighted by Gasteiger charge is -2.31. The minimum absolute atomic E-state index is 0.0579. The Kier molecular flexibility index (Phi) is 7.24. The Balaban J connectivity index is 2.06. The lowest BCUT2D eigenvalue weighted by atomic mass is 9.93. The molecule has 0 aromatic carbocycles. The van der Waals surface area contributed by atoms with E-state index < -0.39 is 0 Å². The Bertz CT molecular complexity index is 633. The van der Waals surface area contributed by atoms with Gasteiger partial charge in [-0.1, -0.05) is 13.8 Å². The maximum atomic E-state index is 12.8. The van der Waals surface area contributed by atoms with Crippen LogP contribution in [0.2, 0.25) is 0 Å². The molecule has 1 aromatic rings. The molecular weight excluding hydrogens is 346 g/mol. The van der Waals surface area contributed by atoms with Crippen molar-refractivity contribution in [1.29, 1.82) is 0 Å². The van der Waals surface area contributed by atoms with E-state index in [0.29, 0.717) is 26.2 Å². The Hall–Kier alpha value is -2.09. The van der Waals surface area contributed by atoms with E-state index in [1.54, 1.807) is 13.4 Å². The Morgan fingerprint density at radius 2 is 2.00 bits per heavy atom. The van der Waals surface area contributed by atoms with Gasteiger partial charge in [0.2, 0.25) is 5.91 Å². The zero-order chi connectivity index (χ0) is 20.0. The van der Waals surface area contributed by atoms with E-state index in [1.165, 1.54) is 6.92 Å². The van der Waals surface area contributed by atoms with Crippen molar-refractivity contribution in [2.75, 3.05) is 33.3 Å². The van der Waals surface area contributed by atoms with Gasteiger partial charge in [-0.15, -0.1) is 0 Å². The molecule has 0 spiro atoms. The predicted molar refractivity (Wildman–Crippen MR) is 103 cm³/mol. The average molecular weight is 380 g/mol. The summed E-state index contributed by atoms with van der Waals surface area (Å²) in [4.78, 5) is 30.2. The van der Waals surface area contributed by atoms with Gasteiger partial charge in [0.1, 0.15) is 0 Å². The third-order valence-corrected chi connectivity index (χ3v) is 5.86. The molecule has 0 aliphatic carbocycles. The molecule has 27 heavy (non-hydrogen) atoms. The molecule has 2 N–H and O–H groups in total. The van der Waals surface area contributed by atoms with Crippen molar-refractivity contribution in [3.8, 4) is 0 Å². The summed E-state index contributed by atoms with van der Waals surface area (Å²) in [5, 5.41) is 5.93. The molecule has 1 aliphatic rings. The van der Waals surface area contributed by atoms with Crippen LogP contribution in [0.1, 0.15) is 45.2 Å². The third kappa shape index (κ3) is 5.00. The van der Waals surface area contributed by atoms with Gasteiger partial charge in [-0.2, -0.15) is 0 Å². The van der Waals surface area contributed by atoms with Crippen LogP contribution in [0.3, 0.4) is 0 Å². The van der Waals surface area contributed by atoms with Gasteiger partial charge < -0.3 is 24.8 Å². The van der Waals surface area contributed by atoms with Gasteiger partial charge in [-0.25, -0.2) is 9.78 Å². The van der Waals surface area contributed by atoms with E-state index >= 15 is 0 Å². The third-order valence-electron chi connectivity index (χ3n) is 5.86. The number of likely N-dealkylation sites (tertiary alicyclic amines) is 1. The number of urea groups is 1. The van der Waals surface area contributed by atoms with Crippen LogP contribution >= 0.6 is 0 Å². The number of hydrogen-bond acceptors (Lipinski definition) is 4. The number of imidazole rings is 1. The largest absolute Gasteiger partial charge is 0.376 e. The van der Waals surface area contributed by atoms with Crippen molar-refractivity contribution < 1.29 is 14.3 Å². The first-order valence-corrected chi connectivity index (χ1v) is 9.64. The quantitative estimate of drug-likeness (QED) is 0.716. The highest BCUT2D eigenvalue weighted by Gasteiger charge is 2.38. The lowest BCUT2D eigenvalue weighted by molar-refractivity contribution is -0.119. The number of rotatable bonds is 8. The fourth-order valence-electron chi connectivity index (χ4n) is 3.79. The number of nitrogens with zero attached hydrogens (tertiary/aromatic N) is 3. The highest BCUT2D eigenvalue weighted by Crippen LogP contribution is 2.32. The number of aryl methyl sites for hydroxylation is 1. The molecule has 2 atom stereocenters. The molecule has 0 unspecified atom stereocenters. The summed E-state index contributed by atoms with van der Waals surface area (Å²) in [5.41, 5.74) is 0.751. The summed E-state index contributed by atoms with van der Waals surface area (Å²) in [6.07, 6.45) is 5.28. The van der Waals surface area contributed by atoms with Crippen LogP contribution in [0.4, 0.5) is 4.79 Å². The van der Waals surface area contributed by atoms with Gasteiger partial charge in [0.15, 0.2) is 0 Å². The first-order valence-electron chi connectivity index (χ1n) is 9.64. The number of nitrogens with one attached hydrogen (secondary N) is 2. The van der Waals surface area contributed by atoms with Crippen molar-refractivity contribution in [3.63, 3.8) is 0 Å². The summed E-state index contributed by atoms with van der Waals surface area (Å²) in [6.45, 7) is 7.87. The Morgan fingerprint density at radius 1 is 1.30 bits per heavy atom. The van der Waals surface area contributed by atoms with Crippen molar-refractivity contribution in [3.05, 3.63) is 18.2 Å². The van der Waals surface area contributed by atoms with Gasteiger partial charge in [-0.3, -0.25) is 4.79 Å². The number of methoxy groups -OCH3 is 1. The second-order valence-corrected chi connectivity index (χ2v) is 7.39. The standard InChI is InChI=1S/C19H33N5O3/c1-6-19(7-2,27-5)12-22-18(26)24-10-15(8-21-14(3)25)16(11-24)17-9-20-13-23(17)4/h9,13,15-16H,6-8,10-12H2,1-5H3,(H,21,25)(H,22,26)/t15-,16-/m1/s1. The molecule has 152 valence electrons. The Labute approximate surface area is 161 Å². The number of ether oxygens (including phenoxy) is 1. The molecule has 1 aromatic heterocycles. The summed E-state index contributed by atoms with van der Waals surface area (Å²) in [5.74, 6) is 0.233. The SMILES string of the molecule is CCC(CC)(CNC(=O)N1C[C@@H](CNC(C)=O)[C@H](c2cncn2C)C1)OC. The highest BCUT2D eigenvalue weighted by molar-refractivity contribution is 5.75. The fraction of sp³-hybridized carbons (Fsp3) is 0.737. The number of aromatic nitrogens is 2. The number of carbonyl (C=O) groups is 2. The van der Waals surface area contributed by atoms with Gasteiger partial charge >= 0.3 is 6.03 Å². The van der Waals surface area contributed by atoms with Crippen LogP contribution in [-0.2, 0) is 16.6 Å². The molecule has 0 radical (unpaired) electrons. The van der Waals surface area contributed by atoms with Gasteiger partial charge in [0.05, 0.1) is 11.9 Å². The molecule has 2 rings (SSSR count). The van der Waals surface area contributed by atoms with Crippen LogP contribution in [0.25, 0.3) is 0 Å². The molecule has 8 nitrogen and oxygen atoms in total. The average Bonchev–Trinajstić information content (AvgIpc) is 3.27. The van der Waals surface area contributed by atoms with Crippen LogP contribution in [0, 0.1) is 5.92 Å². The molecule has 0 bridgehead atoms. The minimum atomic E-state index is -0.327. The summed E-state index contributed by atoms with van der Waals surface area (Å²) in [7, 11) is 3.65. The first kappa shape index (κ1) is 21.2. The van der Waals surface area contributed by atoms with Crippen LogP contribution in [0.15, 0.2) is 12.5 Å². The number of amides is 3. The topological polar surface area (TPSA) is 88.5 Å².